The van der Waals surface area contributed by atoms with Crippen LogP contribution in [-0.4, -0.2) is 16.1 Å². The van der Waals surface area contributed by atoms with E-state index in [9.17, 15) is 0 Å². The lowest BCUT2D eigenvalue weighted by atomic mass is 9.48. The maximum Gasteiger partial charge on any atom is 0.203 e. The molecule has 1 heterocycles. The molecule has 5 rings (SSSR count). The second-order valence-corrected chi connectivity index (χ2v) is 8.10. The Hall–Kier alpha value is -0.990. The van der Waals surface area contributed by atoms with Gasteiger partial charge < -0.3 is 9.88 Å². The molecular formula is C18H29N3. The quantitative estimate of drug-likeness (QED) is 0.889. The first-order valence-corrected chi connectivity index (χ1v) is 8.89. The molecule has 1 atom stereocenters. The van der Waals surface area contributed by atoms with Crippen LogP contribution in [0.1, 0.15) is 64.1 Å². The summed E-state index contributed by atoms with van der Waals surface area (Å²) in [5.41, 5.74) is 1.69. The van der Waals surface area contributed by atoms with Crippen molar-refractivity contribution in [3.05, 3.63) is 11.9 Å². The van der Waals surface area contributed by atoms with Gasteiger partial charge in [0.2, 0.25) is 5.95 Å². The third kappa shape index (κ3) is 2.11. The van der Waals surface area contributed by atoms with Crippen molar-refractivity contribution in [3.8, 4) is 0 Å². The Morgan fingerprint density at radius 3 is 2.33 bits per heavy atom. The lowest BCUT2D eigenvalue weighted by Gasteiger charge is -2.59. The van der Waals surface area contributed by atoms with Crippen molar-refractivity contribution in [2.24, 2.45) is 23.2 Å². The summed E-state index contributed by atoms with van der Waals surface area (Å²) in [5, 5.41) is 3.46. The molecule has 0 amide bonds. The van der Waals surface area contributed by atoms with Crippen molar-refractivity contribution in [2.45, 2.75) is 65.3 Å². The van der Waals surface area contributed by atoms with Gasteiger partial charge in [-0.2, -0.15) is 0 Å². The van der Waals surface area contributed by atoms with Crippen molar-refractivity contribution in [1.29, 1.82) is 0 Å². The van der Waals surface area contributed by atoms with Crippen LogP contribution < -0.4 is 5.32 Å². The van der Waals surface area contributed by atoms with Gasteiger partial charge in [-0.3, -0.25) is 0 Å². The highest BCUT2D eigenvalue weighted by Crippen LogP contribution is 2.63. The molecule has 0 saturated heterocycles. The van der Waals surface area contributed by atoms with Gasteiger partial charge >= 0.3 is 0 Å². The van der Waals surface area contributed by atoms with E-state index >= 15 is 0 Å². The smallest absolute Gasteiger partial charge is 0.203 e. The zero-order valence-electron chi connectivity index (χ0n) is 13.7. The Kier molecular flexibility index (Phi) is 3.09. The van der Waals surface area contributed by atoms with E-state index in [4.69, 9.17) is 4.98 Å². The van der Waals surface area contributed by atoms with Gasteiger partial charge in [0.05, 0.1) is 5.69 Å². The maximum absolute atomic E-state index is 4.70. The van der Waals surface area contributed by atoms with Crippen LogP contribution in [0.5, 0.6) is 0 Å². The molecule has 4 saturated carbocycles. The molecule has 0 spiro atoms. The van der Waals surface area contributed by atoms with Crippen LogP contribution in [0.15, 0.2) is 6.20 Å². The molecule has 1 aromatic heterocycles. The Bertz CT molecular complexity index is 495. The molecule has 4 aliphatic rings. The van der Waals surface area contributed by atoms with Gasteiger partial charge in [0.15, 0.2) is 0 Å². The first-order chi connectivity index (χ1) is 10.1. The lowest BCUT2D eigenvalue weighted by molar-refractivity contribution is -0.0784. The van der Waals surface area contributed by atoms with Crippen LogP contribution in [0.25, 0.3) is 0 Å². The number of aryl methyl sites for hydroxylation is 1. The summed E-state index contributed by atoms with van der Waals surface area (Å²) in [6.45, 7) is 7.67. The van der Waals surface area contributed by atoms with Gasteiger partial charge in [-0.25, -0.2) is 4.98 Å². The largest absolute Gasteiger partial charge is 0.356 e. The molecule has 1 N–H and O–H groups in total. The minimum Gasteiger partial charge on any atom is -0.356 e. The van der Waals surface area contributed by atoms with Crippen molar-refractivity contribution < 1.29 is 0 Å². The third-order valence-electron chi connectivity index (χ3n) is 6.58. The molecule has 1 unspecified atom stereocenters. The lowest BCUT2D eigenvalue weighted by Crippen LogP contribution is -2.49. The Labute approximate surface area is 128 Å². The Morgan fingerprint density at radius 2 is 1.81 bits per heavy atom. The number of nitrogens with zero attached hydrogens (tertiary/aromatic N) is 2. The van der Waals surface area contributed by atoms with E-state index in [0.29, 0.717) is 11.5 Å². The number of hydrogen-bond donors (Lipinski definition) is 1. The molecule has 0 aromatic carbocycles. The Balaban J connectivity index is 1.66. The summed E-state index contributed by atoms with van der Waals surface area (Å²) in [5.74, 6) is 4.14. The van der Waals surface area contributed by atoms with Crippen LogP contribution in [0, 0.1) is 30.1 Å². The van der Waals surface area contributed by atoms with Crippen LogP contribution in [0.3, 0.4) is 0 Å². The molecule has 4 aliphatic carbocycles. The molecule has 0 aliphatic heterocycles. The predicted octanol–water partition coefficient (Wildman–Crippen LogP) is 4.40. The standard InChI is InChI=1S/C18H29N3/c1-4-19-17-20-12(2)11-21(17)13(3)18-8-14-5-15(9-18)7-16(6-14)10-18/h11,13-16H,4-10H2,1-3H3,(H,19,20). The van der Waals surface area contributed by atoms with Crippen LogP contribution in [-0.2, 0) is 0 Å². The highest BCUT2D eigenvalue weighted by molar-refractivity contribution is 5.30. The predicted molar refractivity (Wildman–Crippen MR) is 86.4 cm³/mol. The fraction of sp³-hybridized carbons (Fsp3) is 0.833. The zero-order valence-corrected chi connectivity index (χ0v) is 13.7. The third-order valence-corrected chi connectivity index (χ3v) is 6.58. The topological polar surface area (TPSA) is 29.9 Å². The summed E-state index contributed by atoms with van der Waals surface area (Å²) in [6, 6.07) is 0.584. The number of imidazole rings is 1. The highest BCUT2D eigenvalue weighted by Gasteiger charge is 2.53. The zero-order chi connectivity index (χ0) is 14.6. The monoisotopic (exact) mass is 287 g/mol. The average molecular weight is 287 g/mol. The van der Waals surface area contributed by atoms with Gasteiger partial charge in [0.25, 0.3) is 0 Å². The normalized spacial score (nSPS) is 38.7. The van der Waals surface area contributed by atoms with E-state index in [-0.39, 0.29) is 0 Å². The minimum atomic E-state index is 0.548. The molecule has 0 radical (unpaired) electrons. The van der Waals surface area contributed by atoms with Gasteiger partial charge in [-0.1, -0.05) is 0 Å². The first-order valence-electron chi connectivity index (χ1n) is 8.89. The van der Waals surface area contributed by atoms with E-state index in [2.05, 4.69) is 36.9 Å². The molecule has 3 heteroatoms. The van der Waals surface area contributed by atoms with Crippen LogP contribution >= 0.6 is 0 Å². The van der Waals surface area contributed by atoms with Gasteiger partial charge in [0.1, 0.15) is 0 Å². The molecule has 1 aromatic rings. The number of nitrogens with one attached hydrogen (secondary N) is 1. The van der Waals surface area contributed by atoms with Crippen molar-refractivity contribution in [2.75, 3.05) is 11.9 Å². The van der Waals surface area contributed by atoms with Crippen LogP contribution in [0.4, 0.5) is 5.95 Å². The summed E-state index contributed by atoms with van der Waals surface area (Å²) in [7, 11) is 0. The fourth-order valence-electron chi connectivity index (χ4n) is 6.08. The molecular weight excluding hydrogens is 258 g/mol. The van der Waals surface area contributed by atoms with E-state index in [0.717, 1.165) is 35.9 Å². The average Bonchev–Trinajstić information content (AvgIpc) is 2.77. The molecule has 3 nitrogen and oxygen atoms in total. The van der Waals surface area contributed by atoms with E-state index in [1.165, 1.54) is 38.5 Å². The summed E-state index contributed by atoms with van der Waals surface area (Å²) < 4.78 is 2.45. The van der Waals surface area contributed by atoms with Crippen molar-refractivity contribution in [3.63, 3.8) is 0 Å². The SMILES string of the molecule is CCNc1nc(C)cn1C(C)C12CC3CC(CC(C3)C1)C2. The number of anilines is 1. The van der Waals surface area contributed by atoms with Crippen molar-refractivity contribution >= 4 is 5.95 Å². The second kappa shape index (κ2) is 4.76. The summed E-state index contributed by atoms with van der Waals surface area (Å²) in [6.07, 6.45) is 11.2. The van der Waals surface area contributed by atoms with Gasteiger partial charge in [0, 0.05) is 18.8 Å². The van der Waals surface area contributed by atoms with E-state index in [1.54, 1.807) is 0 Å². The van der Waals surface area contributed by atoms with Crippen molar-refractivity contribution in [1.82, 2.24) is 9.55 Å². The molecule has 21 heavy (non-hydrogen) atoms. The number of aromatic nitrogens is 2. The number of rotatable bonds is 4. The first kappa shape index (κ1) is 13.7. The Morgan fingerprint density at radius 1 is 1.24 bits per heavy atom. The molecule has 4 fully saturated rings. The summed E-state index contributed by atoms with van der Waals surface area (Å²) in [4.78, 5) is 4.70. The minimum absolute atomic E-state index is 0.548. The maximum atomic E-state index is 4.70. The highest BCUT2D eigenvalue weighted by atomic mass is 15.2. The van der Waals surface area contributed by atoms with Crippen LogP contribution in [0.2, 0.25) is 0 Å². The summed E-state index contributed by atoms with van der Waals surface area (Å²) >= 11 is 0. The molecule has 4 bridgehead atoms. The molecule has 116 valence electrons. The van der Waals surface area contributed by atoms with Gasteiger partial charge in [-0.15, -0.1) is 0 Å². The number of hydrogen-bond acceptors (Lipinski definition) is 2. The van der Waals surface area contributed by atoms with Gasteiger partial charge in [-0.05, 0) is 82.5 Å². The second-order valence-electron chi connectivity index (χ2n) is 8.10. The van der Waals surface area contributed by atoms with E-state index in [1.807, 2.05) is 0 Å². The van der Waals surface area contributed by atoms with E-state index < -0.39 is 0 Å². The fourth-order valence-corrected chi connectivity index (χ4v) is 6.08.